The van der Waals surface area contributed by atoms with Gasteiger partial charge in [-0.2, -0.15) is 0 Å². The molecule has 0 aliphatic heterocycles. The standard InChI is InChI=1S/C9H18NO/c1-5-9(6-7(2)3)10-8(4)11/h7,9H,4-6H2,1-3H3,(H,10,11). The first-order valence-electron chi connectivity index (χ1n) is 4.18. The first kappa shape index (κ1) is 10.5. The molecule has 1 N–H and O–H groups in total. The lowest BCUT2D eigenvalue weighted by molar-refractivity contribution is -0.117. The molecule has 0 saturated heterocycles. The summed E-state index contributed by atoms with van der Waals surface area (Å²) in [6, 6.07) is 0.306. The van der Waals surface area contributed by atoms with Gasteiger partial charge in [-0.1, -0.05) is 20.8 Å². The van der Waals surface area contributed by atoms with Crippen molar-refractivity contribution < 1.29 is 4.79 Å². The topological polar surface area (TPSA) is 29.1 Å². The molecule has 0 aromatic rings. The van der Waals surface area contributed by atoms with Gasteiger partial charge in [0.25, 0.3) is 0 Å². The zero-order valence-electron chi connectivity index (χ0n) is 7.68. The molecule has 1 unspecified atom stereocenters. The quantitative estimate of drug-likeness (QED) is 0.660. The predicted octanol–water partition coefficient (Wildman–Crippen LogP) is 1.76. The van der Waals surface area contributed by atoms with Crippen LogP contribution < -0.4 is 5.32 Å². The number of rotatable bonds is 4. The molecular weight excluding hydrogens is 138 g/mol. The van der Waals surface area contributed by atoms with Crippen LogP contribution in [0.1, 0.15) is 33.6 Å². The fourth-order valence-corrected chi connectivity index (χ4v) is 1.12. The third kappa shape index (κ3) is 5.89. The summed E-state index contributed by atoms with van der Waals surface area (Å²) in [7, 11) is 0. The van der Waals surface area contributed by atoms with E-state index in [0.29, 0.717) is 12.0 Å². The zero-order chi connectivity index (χ0) is 8.85. The molecule has 65 valence electrons. The predicted molar refractivity (Wildman–Crippen MR) is 47.0 cm³/mol. The first-order valence-corrected chi connectivity index (χ1v) is 4.18. The van der Waals surface area contributed by atoms with Gasteiger partial charge in [0.05, 0.1) is 0 Å². The van der Waals surface area contributed by atoms with Crippen LogP contribution in [0.2, 0.25) is 0 Å². The van der Waals surface area contributed by atoms with E-state index in [4.69, 9.17) is 0 Å². The Morgan fingerprint density at radius 3 is 2.36 bits per heavy atom. The van der Waals surface area contributed by atoms with Gasteiger partial charge in [-0.15, -0.1) is 0 Å². The van der Waals surface area contributed by atoms with Crippen LogP contribution in [0.4, 0.5) is 0 Å². The molecule has 1 radical (unpaired) electrons. The highest BCUT2D eigenvalue weighted by Gasteiger charge is 2.08. The lowest BCUT2D eigenvalue weighted by Gasteiger charge is -2.17. The summed E-state index contributed by atoms with van der Waals surface area (Å²) < 4.78 is 0. The summed E-state index contributed by atoms with van der Waals surface area (Å²) in [4.78, 5) is 10.6. The molecule has 0 aliphatic rings. The molecule has 0 spiro atoms. The maximum Gasteiger partial charge on any atom is 0.220 e. The maximum atomic E-state index is 10.6. The highest BCUT2D eigenvalue weighted by molar-refractivity contribution is 5.80. The summed E-state index contributed by atoms with van der Waals surface area (Å²) in [6.07, 6.45) is 2.02. The normalized spacial score (nSPS) is 13.2. The van der Waals surface area contributed by atoms with Crippen molar-refractivity contribution in [3.8, 4) is 0 Å². The Morgan fingerprint density at radius 2 is 2.09 bits per heavy atom. The number of carbonyl (C=O) groups excluding carboxylic acids is 1. The zero-order valence-corrected chi connectivity index (χ0v) is 7.68. The number of hydrogen-bond acceptors (Lipinski definition) is 1. The summed E-state index contributed by atoms with van der Waals surface area (Å²) in [6.45, 7) is 9.66. The average Bonchev–Trinajstić information content (AvgIpc) is 1.84. The van der Waals surface area contributed by atoms with E-state index in [9.17, 15) is 4.79 Å². The highest BCUT2D eigenvalue weighted by Crippen LogP contribution is 2.06. The van der Waals surface area contributed by atoms with Crippen LogP contribution in [-0.2, 0) is 4.79 Å². The first-order chi connectivity index (χ1) is 5.06. The molecule has 2 heteroatoms. The van der Waals surface area contributed by atoms with Gasteiger partial charge in [-0.05, 0) is 18.8 Å². The van der Waals surface area contributed by atoms with E-state index in [1.165, 1.54) is 0 Å². The van der Waals surface area contributed by atoms with Crippen molar-refractivity contribution in [2.24, 2.45) is 5.92 Å². The molecule has 1 amide bonds. The van der Waals surface area contributed by atoms with Gasteiger partial charge < -0.3 is 5.32 Å². The Bertz CT molecular complexity index is 121. The van der Waals surface area contributed by atoms with E-state index in [2.05, 4.69) is 33.0 Å². The van der Waals surface area contributed by atoms with Crippen molar-refractivity contribution in [3.63, 3.8) is 0 Å². The van der Waals surface area contributed by atoms with Crippen molar-refractivity contribution in [1.29, 1.82) is 0 Å². The fourth-order valence-electron chi connectivity index (χ4n) is 1.12. The van der Waals surface area contributed by atoms with Crippen molar-refractivity contribution in [2.45, 2.75) is 39.7 Å². The molecular formula is C9H18NO. The van der Waals surface area contributed by atoms with Gasteiger partial charge in [-0.25, -0.2) is 0 Å². The van der Waals surface area contributed by atoms with Crippen LogP contribution in [0.3, 0.4) is 0 Å². The average molecular weight is 156 g/mol. The lowest BCUT2D eigenvalue weighted by atomic mass is 10.0. The van der Waals surface area contributed by atoms with Gasteiger partial charge in [0.1, 0.15) is 0 Å². The molecule has 0 bridgehead atoms. The van der Waals surface area contributed by atoms with Gasteiger partial charge >= 0.3 is 0 Å². The van der Waals surface area contributed by atoms with Crippen molar-refractivity contribution in [3.05, 3.63) is 6.92 Å². The molecule has 0 heterocycles. The number of hydrogen-bond donors (Lipinski definition) is 1. The lowest BCUT2D eigenvalue weighted by Crippen LogP contribution is -2.33. The van der Waals surface area contributed by atoms with E-state index in [-0.39, 0.29) is 5.91 Å². The summed E-state index contributed by atoms with van der Waals surface area (Å²) in [5.41, 5.74) is 0. The second-order valence-electron chi connectivity index (χ2n) is 3.30. The van der Waals surface area contributed by atoms with Crippen molar-refractivity contribution in [2.75, 3.05) is 0 Å². The minimum atomic E-state index is -0.169. The fraction of sp³-hybridized carbons (Fsp3) is 0.778. The summed E-state index contributed by atoms with van der Waals surface area (Å²) >= 11 is 0. The molecule has 11 heavy (non-hydrogen) atoms. The Labute approximate surface area is 69.4 Å². The van der Waals surface area contributed by atoms with Crippen molar-refractivity contribution >= 4 is 5.91 Å². The summed E-state index contributed by atoms with van der Waals surface area (Å²) in [5.74, 6) is 0.462. The number of carbonyl (C=O) groups is 1. The Kier molecular flexibility index (Phi) is 4.92. The SMILES string of the molecule is [CH2]C(=O)NC(CC)CC(C)C. The van der Waals surface area contributed by atoms with Gasteiger partial charge in [-0.3, -0.25) is 4.79 Å². The van der Waals surface area contributed by atoms with Crippen LogP contribution in [0.15, 0.2) is 0 Å². The maximum absolute atomic E-state index is 10.6. The van der Waals surface area contributed by atoms with Gasteiger partial charge in [0.2, 0.25) is 5.91 Å². The van der Waals surface area contributed by atoms with E-state index in [1.807, 2.05) is 0 Å². The third-order valence-corrected chi connectivity index (χ3v) is 1.61. The summed E-state index contributed by atoms with van der Waals surface area (Å²) in [5, 5.41) is 2.81. The van der Waals surface area contributed by atoms with Gasteiger partial charge in [0.15, 0.2) is 0 Å². The molecule has 0 saturated carbocycles. The van der Waals surface area contributed by atoms with Crippen LogP contribution in [0.5, 0.6) is 0 Å². The van der Waals surface area contributed by atoms with E-state index >= 15 is 0 Å². The molecule has 1 atom stereocenters. The monoisotopic (exact) mass is 156 g/mol. The smallest absolute Gasteiger partial charge is 0.220 e. The highest BCUT2D eigenvalue weighted by atomic mass is 16.1. The van der Waals surface area contributed by atoms with E-state index < -0.39 is 0 Å². The minimum absolute atomic E-state index is 0.169. The molecule has 0 rings (SSSR count). The molecule has 0 aliphatic carbocycles. The number of amides is 1. The Morgan fingerprint density at radius 1 is 1.55 bits per heavy atom. The van der Waals surface area contributed by atoms with E-state index in [1.54, 1.807) is 0 Å². The van der Waals surface area contributed by atoms with E-state index in [0.717, 1.165) is 12.8 Å². The van der Waals surface area contributed by atoms with Crippen LogP contribution in [0.25, 0.3) is 0 Å². The molecule has 0 fully saturated rings. The second kappa shape index (κ2) is 5.16. The number of nitrogens with one attached hydrogen (secondary N) is 1. The third-order valence-electron chi connectivity index (χ3n) is 1.61. The van der Waals surface area contributed by atoms with Gasteiger partial charge in [0, 0.05) is 13.0 Å². The van der Waals surface area contributed by atoms with Crippen LogP contribution in [-0.4, -0.2) is 11.9 Å². The Balaban J connectivity index is 3.66. The minimum Gasteiger partial charge on any atom is -0.353 e. The van der Waals surface area contributed by atoms with Crippen LogP contribution >= 0.6 is 0 Å². The molecule has 2 nitrogen and oxygen atoms in total. The van der Waals surface area contributed by atoms with Crippen molar-refractivity contribution in [1.82, 2.24) is 5.32 Å². The molecule has 0 aromatic carbocycles. The molecule has 0 aromatic heterocycles. The Hall–Kier alpha value is -0.530. The largest absolute Gasteiger partial charge is 0.353 e. The van der Waals surface area contributed by atoms with Crippen LogP contribution in [0, 0.1) is 12.8 Å². The second-order valence-corrected chi connectivity index (χ2v) is 3.30.